The van der Waals surface area contributed by atoms with Crippen LogP contribution in [-0.2, 0) is 10.4 Å². The molecule has 3 aliphatic carbocycles. The number of carbonyl (C=O) groups excluding carboxylic acids is 1. The van der Waals surface area contributed by atoms with Gasteiger partial charge in [-0.1, -0.05) is 60.2 Å². The lowest BCUT2D eigenvalue weighted by Gasteiger charge is -2.34. The molecule has 0 saturated heterocycles. The number of Topliss-reactive ketones (excluding diaryl/α,β-unsaturated/α-hetero) is 1. The van der Waals surface area contributed by atoms with Crippen LogP contribution in [0.15, 0.2) is 54.6 Å². The Hall–Kier alpha value is -2.19. The van der Waals surface area contributed by atoms with Gasteiger partial charge in [-0.2, -0.15) is 0 Å². The number of hydrogen-bond donors (Lipinski definition) is 1. The first-order valence-corrected chi connectivity index (χ1v) is 8.73. The van der Waals surface area contributed by atoms with Gasteiger partial charge in [0, 0.05) is 12.3 Å². The number of carbonyl (C=O) groups is 1. The normalized spacial score (nSPS) is 33.2. The monoisotopic (exact) mass is 316 g/mol. The molecule has 1 N–H and O–H groups in total. The van der Waals surface area contributed by atoms with Gasteiger partial charge in [0.25, 0.3) is 0 Å². The Labute approximate surface area is 141 Å². The molecule has 5 rings (SSSR count). The zero-order valence-corrected chi connectivity index (χ0v) is 13.7. The number of fused-ring (bicyclic) bond motifs is 3. The Morgan fingerprint density at radius 1 is 1.08 bits per heavy atom. The van der Waals surface area contributed by atoms with Gasteiger partial charge < -0.3 is 5.11 Å². The highest BCUT2D eigenvalue weighted by molar-refractivity contribution is 5.96. The van der Waals surface area contributed by atoms with Gasteiger partial charge in [-0.15, -0.1) is 0 Å². The molecule has 1 saturated carbocycles. The van der Waals surface area contributed by atoms with Crippen LogP contribution in [0.5, 0.6) is 0 Å². The number of allylic oxidation sites excluding steroid dienone is 2. The summed E-state index contributed by atoms with van der Waals surface area (Å²) in [5, 5.41) is 11.4. The summed E-state index contributed by atoms with van der Waals surface area (Å²) in [5.41, 5.74) is 4.38. The summed E-state index contributed by atoms with van der Waals surface area (Å²) < 4.78 is 0. The van der Waals surface area contributed by atoms with Crippen molar-refractivity contribution in [1.82, 2.24) is 0 Å². The molecule has 0 bridgehead atoms. The first kappa shape index (κ1) is 14.2. The van der Waals surface area contributed by atoms with Gasteiger partial charge in [-0.05, 0) is 47.4 Å². The van der Waals surface area contributed by atoms with E-state index in [-0.39, 0.29) is 23.5 Å². The molecule has 0 unspecified atom stereocenters. The molecule has 1 fully saturated rings. The van der Waals surface area contributed by atoms with Gasteiger partial charge in [0.15, 0.2) is 11.4 Å². The van der Waals surface area contributed by atoms with E-state index >= 15 is 0 Å². The van der Waals surface area contributed by atoms with Gasteiger partial charge in [-0.3, -0.25) is 4.79 Å². The topological polar surface area (TPSA) is 37.3 Å². The molecule has 2 heteroatoms. The number of benzene rings is 2. The summed E-state index contributed by atoms with van der Waals surface area (Å²) in [7, 11) is 0. The van der Waals surface area contributed by atoms with Crippen LogP contribution in [0.4, 0.5) is 0 Å². The van der Waals surface area contributed by atoms with Crippen LogP contribution in [0.2, 0.25) is 0 Å². The van der Waals surface area contributed by atoms with E-state index in [1.165, 1.54) is 22.3 Å². The van der Waals surface area contributed by atoms with Crippen LogP contribution < -0.4 is 0 Å². The maximum Gasteiger partial charge on any atom is 0.169 e. The predicted molar refractivity (Wildman–Crippen MR) is 93.5 cm³/mol. The van der Waals surface area contributed by atoms with Crippen molar-refractivity contribution in [2.75, 3.05) is 0 Å². The average Bonchev–Trinajstić information content (AvgIpc) is 3.01. The summed E-state index contributed by atoms with van der Waals surface area (Å²) in [6, 6.07) is 16.5. The lowest BCUT2D eigenvalue weighted by molar-refractivity contribution is -0.137. The molecule has 2 aromatic carbocycles. The molecule has 0 radical (unpaired) electrons. The zero-order chi connectivity index (χ0) is 16.5. The predicted octanol–water partition coefficient (Wildman–Crippen LogP) is 3.97. The number of aliphatic hydroxyl groups is 1. The second-order valence-corrected chi connectivity index (χ2v) is 7.48. The molecule has 2 aromatic rings. The fraction of sp³-hybridized carbons (Fsp3) is 0.318. The van der Waals surface area contributed by atoms with E-state index in [1.807, 2.05) is 30.3 Å². The minimum atomic E-state index is -1.29. The van der Waals surface area contributed by atoms with Crippen LogP contribution in [0.25, 0.3) is 5.57 Å². The average molecular weight is 316 g/mol. The number of ketones is 1. The van der Waals surface area contributed by atoms with E-state index in [2.05, 4.69) is 31.2 Å². The van der Waals surface area contributed by atoms with E-state index in [4.69, 9.17) is 0 Å². The van der Waals surface area contributed by atoms with Crippen molar-refractivity contribution in [2.24, 2.45) is 11.8 Å². The lowest BCUT2D eigenvalue weighted by Crippen LogP contribution is -2.36. The minimum absolute atomic E-state index is 0.00571. The van der Waals surface area contributed by atoms with Crippen molar-refractivity contribution >= 4 is 11.4 Å². The van der Waals surface area contributed by atoms with Gasteiger partial charge in [0.05, 0.1) is 0 Å². The third-order valence-corrected chi connectivity index (χ3v) is 6.30. The van der Waals surface area contributed by atoms with Crippen LogP contribution in [0.3, 0.4) is 0 Å². The quantitative estimate of drug-likeness (QED) is 0.864. The maximum absolute atomic E-state index is 12.9. The molecule has 0 spiro atoms. The van der Waals surface area contributed by atoms with Crippen molar-refractivity contribution < 1.29 is 9.90 Å². The van der Waals surface area contributed by atoms with Crippen LogP contribution in [0.1, 0.15) is 41.0 Å². The van der Waals surface area contributed by atoms with E-state index in [9.17, 15) is 9.90 Å². The van der Waals surface area contributed by atoms with Crippen molar-refractivity contribution in [1.29, 1.82) is 0 Å². The number of hydrogen-bond acceptors (Lipinski definition) is 2. The molecular formula is C22H20O2. The third kappa shape index (κ3) is 1.62. The minimum Gasteiger partial charge on any atom is -0.377 e. The molecule has 0 aromatic heterocycles. The molecule has 3 aliphatic rings. The highest BCUT2D eigenvalue weighted by atomic mass is 16.3. The van der Waals surface area contributed by atoms with Crippen LogP contribution >= 0.6 is 0 Å². The Kier molecular flexibility index (Phi) is 2.76. The van der Waals surface area contributed by atoms with Crippen molar-refractivity contribution in [3.8, 4) is 0 Å². The standard InChI is InChI=1S/C22H20O2/c1-13-7-10-19-17(11-13)16-9-8-15(14-5-3-2-4-6-14)18-12-20(23)22(19,24)21(16)18/h2-8,10-11,16,18,21,24H,9,12H2,1H3/t16-,18-,21+,22+/m0/s1. The molecule has 0 heterocycles. The lowest BCUT2D eigenvalue weighted by atomic mass is 9.70. The van der Waals surface area contributed by atoms with Crippen LogP contribution in [-0.4, -0.2) is 10.9 Å². The molecule has 2 nitrogen and oxygen atoms in total. The summed E-state index contributed by atoms with van der Waals surface area (Å²) in [5.74, 6) is 0.362. The first-order valence-electron chi connectivity index (χ1n) is 8.73. The summed E-state index contributed by atoms with van der Waals surface area (Å²) in [6.45, 7) is 2.08. The van der Waals surface area contributed by atoms with Crippen LogP contribution in [0, 0.1) is 18.8 Å². The van der Waals surface area contributed by atoms with Crippen molar-refractivity contribution in [3.63, 3.8) is 0 Å². The smallest absolute Gasteiger partial charge is 0.169 e. The van der Waals surface area contributed by atoms with E-state index < -0.39 is 5.60 Å². The zero-order valence-electron chi connectivity index (χ0n) is 13.7. The highest BCUT2D eigenvalue weighted by Crippen LogP contribution is 2.63. The maximum atomic E-state index is 12.9. The van der Waals surface area contributed by atoms with Crippen molar-refractivity contribution in [2.45, 2.75) is 31.3 Å². The van der Waals surface area contributed by atoms with Gasteiger partial charge >= 0.3 is 0 Å². The Bertz CT molecular complexity index is 880. The first-order chi connectivity index (χ1) is 11.6. The molecule has 0 aliphatic heterocycles. The summed E-state index contributed by atoms with van der Waals surface area (Å²) in [6.07, 6.45) is 3.65. The highest BCUT2D eigenvalue weighted by Gasteiger charge is 2.64. The fourth-order valence-electron chi connectivity index (χ4n) is 5.33. The molecule has 4 atom stereocenters. The van der Waals surface area contributed by atoms with E-state index in [0.29, 0.717) is 6.42 Å². The SMILES string of the molecule is Cc1ccc2c(c1)[C@@H]1CC=C(c3ccccc3)[C@@H]3CC(=O)[C@@]2(O)[C@@H]31. The molecular weight excluding hydrogens is 296 g/mol. The molecule has 0 amide bonds. The molecule has 24 heavy (non-hydrogen) atoms. The van der Waals surface area contributed by atoms with Gasteiger partial charge in [0.2, 0.25) is 0 Å². The largest absolute Gasteiger partial charge is 0.377 e. The Morgan fingerprint density at radius 2 is 1.88 bits per heavy atom. The number of rotatable bonds is 1. The van der Waals surface area contributed by atoms with Gasteiger partial charge in [0.1, 0.15) is 0 Å². The third-order valence-electron chi connectivity index (χ3n) is 6.30. The Morgan fingerprint density at radius 3 is 2.67 bits per heavy atom. The Balaban J connectivity index is 1.69. The second kappa shape index (κ2) is 4.67. The summed E-state index contributed by atoms with van der Waals surface area (Å²) >= 11 is 0. The number of aryl methyl sites for hydroxylation is 1. The molecule has 120 valence electrons. The fourth-order valence-corrected chi connectivity index (χ4v) is 5.33. The van der Waals surface area contributed by atoms with Gasteiger partial charge in [-0.25, -0.2) is 0 Å². The van der Waals surface area contributed by atoms with E-state index in [0.717, 1.165) is 12.0 Å². The summed E-state index contributed by atoms with van der Waals surface area (Å²) in [4.78, 5) is 12.9. The van der Waals surface area contributed by atoms with E-state index in [1.54, 1.807) is 0 Å². The van der Waals surface area contributed by atoms with Crippen molar-refractivity contribution in [3.05, 3.63) is 76.9 Å². The second-order valence-electron chi connectivity index (χ2n) is 7.48.